The lowest BCUT2D eigenvalue weighted by Gasteiger charge is -2.40. The molecule has 0 N–H and O–H groups in total. The van der Waals surface area contributed by atoms with Gasteiger partial charge in [0.15, 0.2) is 6.61 Å². The maximum Gasteiger partial charge on any atom is 0.310 e. The Balaban J connectivity index is 1.47. The van der Waals surface area contributed by atoms with E-state index in [1.807, 2.05) is 0 Å². The fourth-order valence-corrected chi connectivity index (χ4v) is 5.10. The van der Waals surface area contributed by atoms with Crippen molar-refractivity contribution in [3.63, 3.8) is 0 Å². The number of benzene rings is 2. The molecule has 0 aromatic heterocycles. The second-order valence-corrected chi connectivity index (χ2v) is 9.17. The van der Waals surface area contributed by atoms with E-state index in [9.17, 15) is 23.6 Å². The number of amides is 1. The van der Waals surface area contributed by atoms with Gasteiger partial charge in [-0.1, -0.05) is 12.2 Å². The summed E-state index contributed by atoms with van der Waals surface area (Å²) >= 11 is 0. The van der Waals surface area contributed by atoms with Gasteiger partial charge in [-0.15, -0.1) is 0 Å². The summed E-state index contributed by atoms with van der Waals surface area (Å²) in [5.74, 6) is -1.25. The summed E-state index contributed by atoms with van der Waals surface area (Å²) in [6.07, 6.45) is 6.06. The molecule has 2 aromatic carbocycles. The Morgan fingerprint density at radius 1 is 1.27 bits per heavy atom. The topological polar surface area (TPSA) is 82.9 Å². The Morgan fingerprint density at radius 3 is 2.89 bits per heavy atom. The highest BCUT2D eigenvalue weighted by atomic mass is 19.1. The molecule has 194 valence electrons. The number of nitriles is 1. The molecule has 4 rings (SSSR count). The van der Waals surface area contributed by atoms with Gasteiger partial charge >= 0.3 is 5.97 Å². The van der Waals surface area contributed by atoms with E-state index in [2.05, 4.69) is 11.0 Å². The van der Waals surface area contributed by atoms with Gasteiger partial charge in [0.1, 0.15) is 17.4 Å². The number of carbonyl (C=O) groups excluding carboxylic acids is 2. The van der Waals surface area contributed by atoms with Crippen molar-refractivity contribution < 1.29 is 27.8 Å². The van der Waals surface area contributed by atoms with Crippen LogP contribution in [0.5, 0.6) is 5.75 Å². The van der Waals surface area contributed by atoms with Gasteiger partial charge in [-0.2, -0.15) is 5.26 Å². The molecule has 9 heteroatoms. The molecule has 2 heterocycles. The Bertz CT molecular complexity index is 1230. The molecule has 2 aliphatic rings. The average Bonchev–Trinajstić information content (AvgIpc) is 2.91. The number of carbonyl (C=O) groups is 2. The van der Waals surface area contributed by atoms with Crippen molar-refractivity contribution >= 4 is 23.6 Å². The highest BCUT2D eigenvalue weighted by Crippen LogP contribution is 2.34. The Kier molecular flexibility index (Phi) is 8.51. The van der Waals surface area contributed by atoms with Gasteiger partial charge < -0.3 is 14.4 Å². The maximum absolute atomic E-state index is 14.0. The quantitative estimate of drug-likeness (QED) is 0.494. The smallest absolute Gasteiger partial charge is 0.310 e. The van der Waals surface area contributed by atoms with E-state index in [0.29, 0.717) is 49.4 Å². The highest BCUT2D eigenvalue weighted by Gasteiger charge is 2.36. The summed E-state index contributed by atoms with van der Waals surface area (Å²) in [6, 6.07) is 10.3. The van der Waals surface area contributed by atoms with Crippen LogP contribution in [-0.2, 0) is 14.3 Å². The summed E-state index contributed by atoms with van der Waals surface area (Å²) in [6.45, 7) is 1.55. The zero-order valence-electron chi connectivity index (χ0n) is 20.7. The van der Waals surface area contributed by atoms with Gasteiger partial charge in [-0.25, -0.2) is 8.78 Å². The second-order valence-electron chi connectivity index (χ2n) is 9.17. The molecule has 2 aromatic rings. The maximum atomic E-state index is 14.0. The minimum Gasteiger partial charge on any atom is -0.482 e. The number of ether oxygens (including phenoxy) is 2. The zero-order valence-corrected chi connectivity index (χ0v) is 20.7. The van der Waals surface area contributed by atoms with Crippen molar-refractivity contribution in [3.8, 4) is 11.8 Å². The van der Waals surface area contributed by atoms with E-state index in [4.69, 9.17) is 9.47 Å². The predicted octanol–water partition coefficient (Wildman–Crippen LogP) is 4.31. The van der Waals surface area contributed by atoms with Crippen molar-refractivity contribution in [2.45, 2.75) is 31.7 Å². The molecule has 0 aliphatic carbocycles. The Hall–Kier alpha value is -3.77. The SMILES string of the molecule is COC(=O)C1CCCN(C/C=C/c2cc(F)ccc2F)C1CCCN1C(=O)COc2ccc(C#N)cc21. The van der Waals surface area contributed by atoms with Gasteiger partial charge in [0.2, 0.25) is 0 Å². The number of methoxy groups -OCH3 is 1. The van der Waals surface area contributed by atoms with Crippen LogP contribution in [0.2, 0.25) is 0 Å². The van der Waals surface area contributed by atoms with Crippen molar-refractivity contribution in [3.05, 3.63) is 65.2 Å². The Labute approximate surface area is 214 Å². The number of anilines is 1. The predicted molar refractivity (Wildman–Crippen MR) is 134 cm³/mol. The molecule has 7 nitrogen and oxygen atoms in total. The number of likely N-dealkylation sites (tertiary alicyclic amines) is 1. The Morgan fingerprint density at radius 2 is 2.11 bits per heavy atom. The minimum absolute atomic E-state index is 0.0688. The third-order valence-corrected chi connectivity index (χ3v) is 6.91. The normalized spacial score (nSPS) is 19.8. The van der Waals surface area contributed by atoms with Crippen LogP contribution in [0.15, 0.2) is 42.5 Å². The van der Waals surface area contributed by atoms with Crippen molar-refractivity contribution in [2.75, 3.05) is 38.3 Å². The monoisotopic (exact) mass is 509 g/mol. The van der Waals surface area contributed by atoms with Crippen LogP contribution in [0.25, 0.3) is 6.08 Å². The summed E-state index contributed by atoms with van der Waals surface area (Å²) in [4.78, 5) is 29.0. The largest absolute Gasteiger partial charge is 0.482 e. The number of halogens is 2. The van der Waals surface area contributed by atoms with Crippen LogP contribution >= 0.6 is 0 Å². The number of nitrogens with zero attached hydrogens (tertiary/aromatic N) is 3. The molecule has 1 saturated heterocycles. The van der Waals surface area contributed by atoms with E-state index < -0.39 is 11.6 Å². The van der Waals surface area contributed by atoms with Gasteiger partial charge in [0.25, 0.3) is 5.91 Å². The van der Waals surface area contributed by atoms with Crippen LogP contribution in [0.3, 0.4) is 0 Å². The fraction of sp³-hybridized carbons (Fsp3) is 0.393. The van der Waals surface area contributed by atoms with Crippen molar-refractivity contribution in [1.29, 1.82) is 5.26 Å². The van der Waals surface area contributed by atoms with Gasteiger partial charge in [-0.3, -0.25) is 14.5 Å². The first kappa shape index (κ1) is 26.3. The van der Waals surface area contributed by atoms with Gasteiger partial charge in [0, 0.05) is 24.7 Å². The molecule has 0 bridgehead atoms. The van der Waals surface area contributed by atoms with Crippen molar-refractivity contribution in [1.82, 2.24) is 4.90 Å². The summed E-state index contributed by atoms with van der Waals surface area (Å²) in [7, 11) is 1.38. The lowest BCUT2D eigenvalue weighted by molar-refractivity contribution is -0.149. The number of rotatable bonds is 8. The molecule has 2 atom stereocenters. The number of hydrogen-bond acceptors (Lipinski definition) is 6. The molecule has 2 aliphatic heterocycles. The molecule has 0 radical (unpaired) electrons. The molecule has 1 amide bonds. The van der Waals surface area contributed by atoms with Crippen LogP contribution < -0.4 is 9.64 Å². The van der Waals surface area contributed by atoms with E-state index in [0.717, 1.165) is 31.2 Å². The number of piperidine rings is 1. The third kappa shape index (κ3) is 6.15. The summed E-state index contributed by atoms with van der Waals surface area (Å²) in [5, 5.41) is 9.26. The zero-order chi connectivity index (χ0) is 26.4. The van der Waals surface area contributed by atoms with Crippen LogP contribution in [-0.4, -0.2) is 56.2 Å². The third-order valence-electron chi connectivity index (χ3n) is 6.91. The lowest BCUT2D eigenvalue weighted by atomic mass is 9.86. The number of fused-ring (bicyclic) bond motifs is 1. The van der Waals surface area contributed by atoms with Crippen LogP contribution in [0.4, 0.5) is 14.5 Å². The summed E-state index contributed by atoms with van der Waals surface area (Å²) < 4.78 is 38.1. The minimum atomic E-state index is -0.510. The highest BCUT2D eigenvalue weighted by molar-refractivity contribution is 5.98. The second kappa shape index (κ2) is 12.0. The van der Waals surface area contributed by atoms with Gasteiger partial charge in [0.05, 0.1) is 30.3 Å². The first-order chi connectivity index (χ1) is 17.9. The molecule has 1 fully saturated rings. The molecular formula is C28H29F2N3O4. The molecule has 37 heavy (non-hydrogen) atoms. The van der Waals surface area contributed by atoms with Crippen LogP contribution in [0.1, 0.15) is 36.8 Å². The molecule has 0 spiro atoms. The van der Waals surface area contributed by atoms with Crippen molar-refractivity contribution in [2.24, 2.45) is 5.92 Å². The van der Waals surface area contributed by atoms with Gasteiger partial charge in [-0.05, 0) is 68.6 Å². The van der Waals surface area contributed by atoms with E-state index in [1.54, 1.807) is 35.3 Å². The standard InChI is InChI=1S/C28H29F2N3O4/c1-36-28(35)22-6-3-13-32(12-2-5-20-16-21(29)9-10-23(20)30)24(22)7-4-14-33-25-15-19(17-31)8-11-26(25)37-18-27(33)34/h2,5,8-11,15-16,22,24H,3-4,6-7,12-14,18H2,1H3/b5-2+. The average molecular weight is 510 g/mol. The molecular weight excluding hydrogens is 480 g/mol. The first-order valence-electron chi connectivity index (χ1n) is 12.3. The summed E-state index contributed by atoms with van der Waals surface area (Å²) in [5.41, 5.74) is 1.17. The fourth-order valence-electron chi connectivity index (χ4n) is 5.10. The first-order valence-corrected chi connectivity index (χ1v) is 12.3. The number of hydrogen-bond donors (Lipinski definition) is 0. The molecule has 2 unspecified atom stereocenters. The molecule has 0 saturated carbocycles. The van der Waals surface area contributed by atoms with E-state index in [-0.39, 0.29) is 36.0 Å². The van der Waals surface area contributed by atoms with E-state index >= 15 is 0 Å². The number of esters is 1. The van der Waals surface area contributed by atoms with Crippen LogP contribution in [0, 0.1) is 28.9 Å². The lowest BCUT2D eigenvalue weighted by Crippen LogP contribution is -2.48. The van der Waals surface area contributed by atoms with E-state index in [1.165, 1.54) is 7.11 Å².